The molecule has 4 aromatic rings. The van der Waals surface area contributed by atoms with E-state index in [-0.39, 0.29) is 23.3 Å². The topological polar surface area (TPSA) is 107 Å². The van der Waals surface area contributed by atoms with Gasteiger partial charge in [-0.15, -0.1) is 0 Å². The average Bonchev–Trinajstić information content (AvgIpc) is 3.15. The molecule has 158 valence electrons. The summed E-state index contributed by atoms with van der Waals surface area (Å²) in [7, 11) is -3.38. The second kappa shape index (κ2) is 7.84. The van der Waals surface area contributed by atoms with Gasteiger partial charge in [-0.1, -0.05) is 6.07 Å². The number of amides is 1. The third kappa shape index (κ3) is 4.26. The molecule has 0 saturated carbocycles. The number of carbonyl (C=O) groups is 1. The molecule has 0 unspecified atom stereocenters. The van der Waals surface area contributed by atoms with Crippen LogP contribution in [0.25, 0.3) is 16.6 Å². The van der Waals surface area contributed by atoms with Crippen molar-refractivity contribution in [2.45, 2.75) is 11.6 Å². The molecule has 2 aromatic heterocycles. The summed E-state index contributed by atoms with van der Waals surface area (Å²) in [5, 5.41) is 3.48. The van der Waals surface area contributed by atoms with E-state index in [0.29, 0.717) is 22.2 Å². The van der Waals surface area contributed by atoms with E-state index in [1.807, 2.05) is 4.57 Å². The van der Waals surface area contributed by atoms with Crippen LogP contribution in [0.15, 0.2) is 72.0 Å². The lowest BCUT2D eigenvalue weighted by Gasteiger charge is -2.10. The molecule has 0 atom stereocenters. The van der Waals surface area contributed by atoms with Crippen molar-refractivity contribution in [3.63, 3.8) is 0 Å². The van der Waals surface area contributed by atoms with Crippen LogP contribution in [0.2, 0.25) is 0 Å². The van der Waals surface area contributed by atoms with Crippen molar-refractivity contribution in [2.75, 3.05) is 12.0 Å². The summed E-state index contributed by atoms with van der Waals surface area (Å²) in [5.74, 6) is -0.666. The third-order valence-corrected chi connectivity index (χ3v) is 5.81. The Morgan fingerprint density at radius 2 is 1.87 bits per heavy atom. The van der Waals surface area contributed by atoms with Crippen molar-refractivity contribution < 1.29 is 17.6 Å². The molecule has 0 fully saturated rings. The molecule has 0 aliphatic heterocycles. The first kappa shape index (κ1) is 20.5. The second-order valence-corrected chi connectivity index (χ2v) is 9.09. The van der Waals surface area contributed by atoms with Crippen molar-refractivity contribution >= 4 is 32.3 Å². The molecule has 0 radical (unpaired) electrons. The van der Waals surface area contributed by atoms with Gasteiger partial charge in [-0.3, -0.25) is 4.79 Å². The first-order valence-electron chi connectivity index (χ1n) is 9.32. The fourth-order valence-corrected chi connectivity index (χ4v) is 3.85. The highest BCUT2D eigenvalue weighted by Crippen LogP contribution is 2.27. The SMILES string of the molecule is CS(=O)(=O)c1ccc(CNC(=O)c2cc(N)cc3c2ccn3-c2ccc(F)cc2)cn1. The fourth-order valence-electron chi connectivity index (χ4n) is 3.29. The number of halogens is 1. The Morgan fingerprint density at radius 3 is 2.52 bits per heavy atom. The van der Waals surface area contributed by atoms with Gasteiger partial charge in [0.25, 0.3) is 5.91 Å². The van der Waals surface area contributed by atoms with Crippen molar-refractivity contribution in [3.8, 4) is 5.69 Å². The summed E-state index contributed by atoms with van der Waals surface area (Å²) < 4.78 is 38.1. The molecular weight excluding hydrogens is 419 g/mol. The lowest BCUT2D eigenvalue weighted by molar-refractivity contribution is 0.0952. The number of anilines is 1. The molecule has 3 N–H and O–H groups in total. The number of hydrogen-bond donors (Lipinski definition) is 2. The van der Waals surface area contributed by atoms with Crippen LogP contribution in [0.5, 0.6) is 0 Å². The summed E-state index contributed by atoms with van der Waals surface area (Å²) in [5.41, 5.74) is 8.97. The van der Waals surface area contributed by atoms with Gasteiger partial charge in [0.1, 0.15) is 5.82 Å². The average molecular weight is 438 g/mol. The quantitative estimate of drug-likeness (QED) is 0.466. The number of rotatable bonds is 5. The third-order valence-electron chi connectivity index (χ3n) is 4.81. The van der Waals surface area contributed by atoms with Crippen LogP contribution in [0.1, 0.15) is 15.9 Å². The number of pyridine rings is 1. The molecule has 0 bridgehead atoms. The van der Waals surface area contributed by atoms with Crippen LogP contribution in [0.4, 0.5) is 10.1 Å². The van der Waals surface area contributed by atoms with Gasteiger partial charge < -0.3 is 15.6 Å². The lowest BCUT2D eigenvalue weighted by atomic mass is 10.1. The van der Waals surface area contributed by atoms with Gasteiger partial charge in [-0.25, -0.2) is 17.8 Å². The number of sulfone groups is 1. The van der Waals surface area contributed by atoms with E-state index in [0.717, 1.165) is 17.5 Å². The predicted molar refractivity (Wildman–Crippen MR) is 116 cm³/mol. The molecule has 7 nitrogen and oxygen atoms in total. The molecule has 1 amide bonds. The van der Waals surface area contributed by atoms with E-state index in [1.54, 1.807) is 42.6 Å². The van der Waals surface area contributed by atoms with Crippen LogP contribution < -0.4 is 11.1 Å². The Morgan fingerprint density at radius 1 is 1.13 bits per heavy atom. The van der Waals surface area contributed by atoms with Crippen molar-refractivity contribution in [1.82, 2.24) is 14.9 Å². The molecule has 9 heteroatoms. The highest BCUT2D eigenvalue weighted by molar-refractivity contribution is 7.90. The van der Waals surface area contributed by atoms with Crippen molar-refractivity contribution in [2.24, 2.45) is 0 Å². The van der Waals surface area contributed by atoms with Gasteiger partial charge in [0.05, 0.1) is 11.1 Å². The summed E-state index contributed by atoms with van der Waals surface area (Å²) in [6.07, 6.45) is 4.29. The minimum absolute atomic E-state index is 0.0257. The maximum absolute atomic E-state index is 13.3. The number of hydrogen-bond acceptors (Lipinski definition) is 5. The number of fused-ring (bicyclic) bond motifs is 1. The lowest BCUT2D eigenvalue weighted by Crippen LogP contribution is -2.23. The van der Waals surface area contributed by atoms with E-state index >= 15 is 0 Å². The molecule has 2 aromatic carbocycles. The van der Waals surface area contributed by atoms with Crippen LogP contribution in [0.3, 0.4) is 0 Å². The monoisotopic (exact) mass is 438 g/mol. The van der Waals surface area contributed by atoms with Crippen molar-refractivity contribution in [1.29, 1.82) is 0 Å². The van der Waals surface area contributed by atoms with Gasteiger partial charge in [-0.2, -0.15) is 0 Å². The standard InChI is InChI=1S/C22H19FN4O3S/c1-31(29,30)21-7-2-14(12-25-21)13-26-22(28)19-10-16(24)11-20-18(19)8-9-27(20)17-5-3-15(23)4-6-17/h2-12H,13,24H2,1H3,(H,26,28). The summed E-state index contributed by atoms with van der Waals surface area (Å²) in [4.78, 5) is 16.8. The van der Waals surface area contributed by atoms with Crippen LogP contribution in [-0.4, -0.2) is 30.1 Å². The normalized spacial score (nSPS) is 11.5. The Labute approximate surface area is 178 Å². The molecule has 0 spiro atoms. The largest absolute Gasteiger partial charge is 0.399 e. The number of nitrogens with one attached hydrogen (secondary N) is 1. The Hall–Kier alpha value is -3.72. The maximum Gasteiger partial charge on any atom is 0.252 e. The molecule has 2 heterocycles. The minimum Gasteiger partial charge on any atom is -0.399 e. The maximum atomic E-state index is 13.3. The summed E-state index contributed by atoms with van der Waals surface area (Å²) in [6, 6.07) is 14.2. The highest BCUT2D eigenvalue weighted by atomic mass is 32.2. The second-order valence-electron chi connectivity index (χ2n) is 7.12. The number of nitrogens with zero attached hydrogens (tertiary/aromatic N) is 2. The van der Waals surface area contributed by atoms with Gasteiger partial charge in [0, 0.05) is 42.0 Å². The smallest absolute Gasteiger partial charge is 0.252 e. The minimum atomic E-state index is -3.38. The Kier molecular flexibility index (Phi) is 5.20. The van der Waals surface area contributed by atoms with E-state index in [9.17, 15) is 17.6 Å². The zero-order chi connectivity index (χ0) is 22.2. The number of benzene rings is 2. The number of nitrogens with two attached hydrogens (primary N) is 1. The van der Waals surface area contributed by atoms with E-state index in [4.69, 9.17) is 5.73 Å². The number of carbonyl (C=O) groups excluding carboxylic acids is 1. The van der Waals surface area contributed by atoms with Gasteiger partial charge >= 0.3 is 0 Å². The number of aromatic nitrogens is 2. The molecular formula is C22H19FN4O3S. The molecule has 31 heavy (non-hydrogen) atoms. The first-order chi connectivity index (χ1) is 14.7. The van der Waals surface area contributed by atoms with Crippen LogP contribution in [0, 0.1) is 5.82 Å². The summed E-state index contributed by atoms with van der Waals surface area (Å²) >= 11 is 0. The van der Waals surface area contributed by atoms with Gasteiger partial charge in [0.15, 0.2) is 14.9 Å². The zero-order valence-electron chi connectivity index (χ0n) is 16.5. The van der Waals surface area contributed by atoms with E-state index in [2.05, 4.69) is 10.3 Å². The molecule has 0 aliphatic rings. The fraction of sp³-hybridized carbons (Fsp3) is 0.0909. The molecule has 4 rings (SSSR count). The Balaban J connectivity index is 1.60. The molecule has 0 aliphatic carbocycles. The van der Waals surface area contributed by atoms with Crippen LogP contribution in [-0.2, 0) is 16.4 Å². The number of nitrogen functional groups attached to an aromatic ring is 1. The van der Waals surface area contributed by atoms with Crippen LogP contribution >= 0.6 is 0 Å². The van der Waals surface area contributed by atoms with E-state index in [1.165, 1.54) is 24.4 Å². The van der Waals surface area contributed by atoms with Gasteiger partial charge in [0.2, 0.25) is 0 Å². The van der Waals surface area contributed by atoms with E-state index < -0.39 is 9.84 Å². The summed E-state index contributed by atoms with van der Waals surface area (Å²) in [6.45, 7) is 0.171. The molecule has 0 saturated heterocycles. The van der Waals surface area contributed by atoms with Crippen molar-refractivity contribution in [3.05, 3.63) is 83.9 Å². The highest BCUT2D eigenvalue weighted by Gasteiger charge is 2.15. The predicted octanol–water partition coefficient (Wildman–Crippen LogP) is 3.08. The first-order valence-corrected chi connectivity index (χ1v) is 11.2. The van der Waals surface area contributed by atoms with Gasteiger partial charge in [-0.05, 0) is 54.1 Å². The Bertz CT molecular complexity index is 1380. The zero-order valence-corrected chi connectivity index (χ0v) is 17.4.